The number of nitrogens with zero attached hydrogens (tertiary/aromatic N) is 3. The van der Waals surface area contributed by atoms with E-state index in [1.54, 1.807) is 48.5 Å². The second-order valence-electron chi connectivity index (χ2n) is 8.53. The lowest BCUT2D eigenvalue weighted by molar-refractivity contribution is -0.384. The number of hydrogen-bond donors (Lipinski definition) is 1. The van der Waals surface area contributed by atoms with Crippen LogP contribution in [0.15, 0.2) is 91.1 Å². The Balaban J connectivity index is 1.54. The molecule has 0 spiro atoms. The van der Waals surface area contributed by atoms with E-state index in [0.717, 1.165) is 17.8 Å². The Kier molecular flexibility index (Phi) is 7.71. The number of likely N-dealkylation sites (N-methyl/N-ethyl adjacent to an activating group) is 1. The van der Waals surface area contributed by atoms with Crippen LogP contribution in [0.1, 0.15) is 21.6 Å². The van der Waals surface area contributed by atoms with Crippen LogP contribution in [0.4, 0.5) is 30.2 Å². The quantitative estimate of drug-likeness (QED) is 0.209. The Labute approximate surface area is 216 Å². The summed E-state index contributed by atoms with van der Waals surface area (Å²) in [6.07, 6.45) is -2.19. The topological polar surface area (TPSA) is 88.4 Å². The fourth-order valence-electron chi connectivity index (χ4n) is 3.99. The second-order valence-corrected chi connectivity index (χ2v) is 8.53. The molecule has 4 rings (SSSR count). The number of anilines is 2. The molecule has 0 unspecified atom stereocenters. The van der Waals surface area contributed by atoms with Crippen LogP contribution < -0.4 is 10.2 Å². The number of nitrogens with one attached hydrogen (secondary N) is 1. The van der Waals surface area contributed by atoms with Crippen molar-refractivity contribution in [2.75, 3.05) is 23.8 Å². The van der Waals surface area contributed by atoms with Crippen molar-refractivity contribution in [2.24, 2.45) is 0 Å². The zero-order chi connectivity index (χ0) is 27.3. The van der Waals surface area contributed by atoms with E-state index in [1.165, 1.54) is 24.3 Å². The average Bonchev–Trinajstić information content (AvgIpc) is 2.92. The van der Waals surface area contributed by atoms with Crippen molar-refractivity contribution < 1.29 is 22.9 Å². The number of aromatic nitrogens is 1. The molecule has 4 aromatic rings. The second kappa shape index (κ2) is 11.1. The maximum absolute atomic E-state index is 13.1. The van der Waals surface area contributed by atoms with Crippen molar-refractivity contribution in [2.45, 2.75) is 12.6 Å². The van der Waals surface area contributed by atoms with E-state index in [0.29, 0.717) is 29.8 Å². The monoisotopic (exact) mass is 520 g/mol. The Morgan fingerprint density at radius 1 is 1.00 bits per heavy atom. The predicted molar refractivity (Wildman–Crippen MR) is 139 cm³/mol. The van der Waals surface area contributed by atoms with E-state index in [9.17, 15) is 28.1 Å². The molecule has 0 radical (unpaired) electrons. The standard InChI is InChI=1S/C28H23F3N4O3/c1-34(17-15-21-6-4-5-16-32-21)25-14-13-22(18-26(25)35(37)38)33-27(36)24-8-3-2-7-23(24)19-9-11-20(12-10-19)28(29,30)31/h2-14,16,18H,15,17H2,1H3,(H,33,36). The Bertz CT molecular complexity index is 1440. The summed E-state index contributed by atoms with van der Waals surface area (Å²) in [6.45, 7) is 0.490. The third-order valence-corrected chi connectivity index (χ3v) is 5.97. The van der Waals surface area contributed by atoms with Crippen LogP contribution in [-0.4, -0.2) is 29.4 Å². The van der Waals surface area contributed by atoms with Crippen LogP contribution in [0.25, 0.3) is 11.1 Å². The molecule has 0 atom stereocenters. The van der Waals surface area contributed by atoms with Crippen LogP contribution in [0, 0.1) is 10.1 Å². The van der Waals surface area contributed by atoms with E-state index >= 15 is 0 Å². The maximum atomic E-state index is 13.1. The van der Waals surface area contributed by atoms with Gasteiger partial charge in [0.05, 0.1) is 10.5 Å². The molecule has 3 aromatic carbocycles. The molecular formula is C28H23F3N4O3. The Morgan fingerprint density at radius 3 is 2.37 bits per heavy atom. The van der Waals surface area contributed by atoms with Crippen LogP contribution in [0.5, 0.6) is 0 Å². The van der Waals surface area contributed by atoms with Gasteiger partial charge in [0.25, 0.3) is 11.6 Å². The normalized spacial score (nSPS) is 11.2. The highest BCUT2D eigenvalue weighted by Crippen LogP contribution is 2.33. The minimum absolute atomic E-state index is 0.178. The van der Waals surface area contributed by atoms with Crippen molar-refractivity contribution >= 4 is 23.0 Å². The zero-order valence-corrected chi connectivity index (χ0v) is 20.3. The molecule has 0 saturated carbocycles. The summed E-state index contributed by atoms with van der Waals surface area (Å²) in [5.74, 6) is -0.550. The maximum Gasteiger partial charge on any atom is 0.416 e. The first-order valence-corrected chi connectivity index (χ1v) is 11.6. The molecule has 38 heavy (non-hydrogen) atoms. The van der Waals surface area contributed by atoms with Crippen molar-refractivity contribution in [1.29, 1.82) is 0 Å². The summed E-state index contributed by atoms with van der Waals surface area (Å²) in [5, 5.41) is 14.5. The smallest absolute Gasteiger partial charge is 0.369 e. The number of halogens is 3. The average molecular weight is 521 g/mol. The molecule has 1 N–H and O–H groups in total. The molecule has 0 aliphatic heterocycles. The van der Waals surface area contributed by atoms with Gasteiger partial charge >= 0.3 is 6.18 Å². The van der Waals surface area contributed by atoms with Gasteiger partial charge in [-0.05, 0) is 53.6 Å². The van der Waals surface area contributed by atoms with Crippen molar-refractivity contribution in [3.63, 3.8) is 0 Å². The first-order valence-electron chi connectivity index (χ1n) is 11.6. The molecule has 1 aromatic heterocycles. The first-order chi connectivity index (χ1) is 18.1. The fourth-order valence-corrected chi connectivity index (χ4v) is 3.99. The molecule has 0 saturated heterocycles. The number of carbonyl (C=O) groups is 1. The third kappa shape index (κ3) is 6.15. The molecule has 0 aliphatic carbocycles. The molecule has 1 amide bonds. The largest absolute Gasteiger partial charge is 0.416 e. The number of rotatable bonds is 8. The van der Waals surface area contributed by atoms with E-state index < -0.39 is 22.6 Å². The third-order valence-electron chi connectivity index (χ3n) is 5.97. The number of benzene rings is 3. The number of amides is 1. The molecule has 0 bridgehead atoms. The highest BCUT2D eigenvalue weighted by atomic mass is 19.4. The van der Waals surface area contributed by atoms with E-state index in [4.69, 9.17) is 0 Å². The Morgan fingerprint density at radius 2 is 1.71 bits per heavy atom. The predicted octanol–water partition coefficient (Wildman–Crippen LogP) is 6.61. The zero-order valence-electron chi connectivity index (χ0n) is 20.3. The minimum atomic E-state index is -4.47. The van der Waals surface area contributed by atoms with Crippen molar-refractivity contribution in [1.82, 2.24) is 4.98 Å². The van der Waals surface area contributed by atoms with E-state index in [2.05, 4.69) is 10.3 Å². The number of pyridine rings is 1. The summed E-state index contributed by atoms with van der Waals surface area (Å²) in [4.78, 5) is 30.4. The van der Waals surface area contributed by atoms with Crippen molar-refractivity contribution in [3.05, 3.63) is 118 Å². The molecule has 0 fully saturated rings. The highest BCUT2D eigenvalue weighted by Gasteiger charge is 2.30. The van der Waals surface area contributed by atoms with Gasteiger partial charge in [-0.3, -0.25) is 19.9 Å². The lowest BCUT2D eigenvalue weighted by Gasteiger charge is -2.19. The molecule has 7 nitrogen and oxygen atoms in total. The van der Waals surface area contributed by atoms with Gasteiger partial charge in [-0.1, -0.05) is 36.4 Å². The van der Waals surface area contributed by atoms with Gasteiger partial charge < -0.3 is 10.2 Å². The van der Waals surface area contributed by atoms with Gasteiger partial charge in [-0.15, -0.1) is 0 Å². The van der Waals surface area contributed by atoms with E-state index in [1.807, 2.05) is 18.2 Å². The summed E-state index contributed by atoms with van der Waals surface area (Å²) in [6, 6.07) is 21.0. The summed E-state index contributed by atoms with van der Waals surface area (Å²) in [5.41, 5.74) is 1.56. The molecular weight excluding hydrogens is 497 g/mol. The summed E-state index contributed by atoms with van der Waals surface area (Å²) in [7, 11) is 1.74. The number of nitro benzene ring substituents is 1. The summed E-state index contributed by atoms with van der Waals surface area (Å²) < 4.78 is 38.8. The highest BCUT2D eigenvalue weighted by molar-refractivity contribution is 6.09. The van der Waals surface area contributed by atoms with Gasteiger partial charge in [-0.2, -0.15) is 13.2 Å². The molecule has 1 heterocycles. The Hall–Kier alpha value is -4.73. The number of alkyl halides is 3. The fraction of sp³-hybridized carbons (Fsp3) is 0.143. The van der Waals surface area contributed by atoms with Crippen LogP contribution in [-0.2, 0) is 12.6 Å². The van der Waals surface area contributed by atoms with Gasteiger partial charge in [0.15, 0.2) is 0 Å². The van der Waals surface area contributed by atoms with Crippen LogP contribution >= 0.6 is 0 Å². The number of carbonyl (C=O) groups excluding carboxylic acids is 1. The van der Waals surface area contributed by atoms with Gasteiger partial charge in [0.1, 0.15) is 5.69 Å². The van der Waals surface area contributed by atoms with Crippen molar-refractivity contribution in [3.8, 4) is 11.1 Å². The minimum Gasteiger partial charge on any atom is -0.369 e. The number of hydrogen-bond acceptors (Lipinski definition) is 5. The van der Waals surface area contributed by atoms with Crippen LogP contribution in [0.2, 0.25) is 0 Å². The summed E-state index contributed by atoms with van der Waals surface area (Å²) >= 11 is 0. The molecule has 0 aliphatic rings. The van der Waals surface area contributed by atoms with Gasteiger partial charge in [0.2, 0.25) is 0 Å². The molecule has 194 valence electrons. The van der Waals surface area contributed by atoms with E-state index in [-0.39, 0.29) is 16.9 Å². The number of nitro groups is 1. The molecule has 10 heteroatoms. The van der Waals surface area contributed by atoms with Crippen LogP contribution in [0.3, 0.4) is 0 Å². The lowest BCUT2D eigenvalue weighted by atomic mass is 9.98. The lowest BCUT2D eigenvalue weighted by Crippen LogP contribution is -2.22. The SMILES string of the molecule is CN(CCc1ccccn1)c1ccc(NC(=O)c2ccccc2-c2ccc(C(F)(F)F)cc2)cc1[N+](=O)[O-]. The van der Waals surface area contributed by atoms with Gasteiger partial charge in [0, 0.05) is 49.2 Å². The van der Waals surface area contributed by atoms with Gasteiger partial charge in [-0.25, -0.2) is 0 Å². The first kappa shape index (κ1) is 26.3.